The molecule has 4 nitrogen and oxygen atoms in total. The van der Waals surface area contributed by atoms with E-state index in [-0.39, 0.29) is 11.8 Å². The van der Waals surface area contributed by atoms with E-state index in [4.69, 9.17) is 24.4 Å². The molecule has 0 radical (unpaired) electrons. The molecular weight excluding hydrogens is 517 g/mol. The van der Waals surface area contributed by atoms with Gasteiger partial charge in [-0.05, 0) is 48.3 Å². The SMILES string of the molecule is O=C1c2sc3c4c(c5ccccc5c(c24)C(=S)N1CC1CCCCC1)C(=S)N(CC1CCCCC1)C3=O. The van der Waals surface area contributed by atoms with Crippen LogP contribution >= 0.6 is 35.8 Å². The highest BCUT2D eigenvalue weighted by molar-refractivity contribution is 7.81. The van der Waals surface area contributed by atoms with Gasteiger partial charge in [-0.3, -0.25) is 19.4 Å². The summed E-state index contributed by atoms with van der Waals surface area (Å²) in [4.78, 5) is 34.1. The number of carbonyl (C=O) groups excluding carboxylic acids is 2. The molecule has 37 heavy (non-hydrogen) atoms. The largest absolute Gasteiger partial charge is 0.297 e. The second-order valence-electron chi connectivity index (χ2n) is 11.3. The van der Waals surface area contributed by atoms with E-state index in [0.29, 0.717) is 44.7 Å². The molecule has 2 saturated carbocycles. The predicted octanol–water partition coefficient (Wildman–Crippen LogP) is 7.48. The lowest BCUT2D eigenvalue weighted by atomic mass is 9.85. The van der Waals surface area contributed by atoms with E-state index >= 15 is 0 Å². The minimum Gasteiger partial charge on any atom is -0.297 e. The summed E-state index contributed by atoms with van der Waals surface area (Å²) in [6, 6.07) is 8.28. The number of thiophene rings is 1. The van der Waals surface area contributed by atoms with Crippen LogP contribution in [0.3, 0.4) is 0 Å². The first-order chi connectivity index (χ1) is 18.0. The molecule has 2 aromatic carbocycles. The first-order valence-electron chi connectivity index (χ1n) is 13.8. The number of carbonyl (C=O) groups is 2. The van der Waals surface area contributed by atoms with Crippen molar-refractivity contribution in [3.8, 4) is 0 Å². The molecule has 2 aliphatic carbocycles. The van der Waals surface area contributed by atoms with E-state index < -0.39 is 0 Å². The maximum atomic E-state index is 14.0. The third kappa shape index (κ3) is 3.64. The molecule has 0 unspecified atom stereocenters. The molecule has 0 bridgehead atoms. The molecule has 2 amide bonds. The van der Waals surface area contributed by atoms with Crippen LogP contribution < -0.4 is 0 Å². The predicted molar refractivity (Wildman–Crippen MR) is 158 cm³/mol. The Morgan fingerprint density at radius 3 is 1.49 bits per heavy atom. The van der Waals surface area contributed by atoms with Crippen LogP contribution in [0.15, 0.2) is 24.3 Å². The molecule has 3 aromatic rings. The van der Waals surface area contributed by atoms with E-state index in [1.165, 1.54) is 49.9 Å². The zero-order valence-corrected chi connectivity index (χ0v) is 23.3. The van der Waals surface area contributed by atoms with Crippen LogP contribution in [0.2, 0.25) is 0 Å². The van der Waals surface area contributed by atoms with Crippen LogP contribution in [-0.2, 0) is 0 Å². The van der Waals surface area contributed by atoms with Crippen molar-refractivity contribution in [1.29, 1.82) is 0 Å². The molecule has 7 rings (SSSR count). The summed E-state index contributed by atoms with van der Waals surface area (Å²) < 4.78 is 0. The van der Waals surface area contributed by atoms with Gasteiger partial charge in [-0.25, -0.2) is 0 Å². The average molecular weight is 547 g/mol. The number of hydrogen-bond acceptors (Lipinski definition) is 5. The molecular formula is C30H30N2O2S3. The number of fused-ring (bicyclic) bond motifs is 3. The smallest absolute Gasteiger partial charge is 0.269 e. The van der Waals surface area contributed by atoms with Gasteiger partial charge in [0.1, 0.15) is 19.7 Å². The molecule has 0 atom stereocenters. The maximum Gasteiger partial charge on any atom is 0.269 e. The lowest BCUT2D eigenvalue weighted by Crippen LogP contribution is -2.43. The number of nitrogens with zero attached hydrogens (tertiary/aromatic N) is 2. The number of thiocarbonyl (C=S) groups is 2. The minimum atomic E-state index is -0.0370. The Morgan fingerprint density at radius 1 is 0.676 bits per heavy atom. The van der Waals surface area contributed by atoms with Crippen LogP contribution in [-0.4, -0.2) is 44.7 Å². The van der Waals surface area contributed by atoms with Crippen molar-refractivity contribution in [3.05, 3.63) is 45.1 Å². The van der Waals surface area contributed by atoms with Crippen molar-refractivity contribution in [3.63, 3.8) is 0 Å². The van der Waals surface area contributed by atoms with E-state index in [9.17, 15) is 9.59 Å². The number of benzene rings is 2. The van der Waals surface area contributed by atoms with Gasteiger partial charge in [-0.1, -0.05) is 87.2 Å². The Kier molecular flexibility index (Phi) is 5.94. The average Bonchev–Trinajstić information content (AvgIpc) is 3.32. The molecule has 0 spiro atoms. The maximum absolute atomic E-state index is 14.0. The van der Waals surface area contributed by atoms with E-state index in [0.717, 1.165) is 58.4 Å². The standard InChI is InChI=1S/C30H30N2O2S3/c33-27-25-23-21(29(35)31(27)15-17-9-3-1-4-10-17)19-13-7-8-14-20(19)22-24(23)26(37-25)28(34)32(30(22)36)16-18-11-5-2-6-12-18/h7-8,13-14,17-18H,1-6,9-12,15-16H2. The zero-order chi connectivity index (χ0) is 25.3. The highest BCUT2D eigenvalue weighted by atomic mass is 32.1. The molecule has 1 aromatic heterocycles. The molecule has 2 aliphatic heterocycles. The zero-order valence-electron chi connectivity index (χ0n) is 20.9. The number of amides is 2. The highest BCUT2D eigenvalue weighted by Crippen LogP contribution is 2.48. The van der Waals surface area contributed by atoms with Crippen LogP contribution in [0.25, 0.3) is 21.5 Å². The van der Waals surface area contributed by atoms with Crippen molar-refractivity contribution < 1.29 is 9.59 Å². The van der Waals surface area contributed by atoms with E-state index in [2.05, 4.69) is 12.1 Å². The molecule has 3 heterocycles. The summed E-state index contributed by atoms with van der Waals surface area (Å²) in [5.74, 6) is 0.886. The Morgan fingerprint density at radius 2 is 1.08 bits per heavy atom. The van der Waals surface area contributed by atoms with Gasteiger partial charge in [-0.2, -0.15) is 0 Å². The van der Waals surface area contributed by atoms with Crippen LogP contribution in [0.4, 0.5) is 0 Å². The van der Waals surface area contributed by atoms with Gasteiger partial charge in [0.15, 0.2) is 0 Å². The summed E-state index contributed by atoms with van der Waals surface area (Å²) in [6.45, 7) is 1.34. The summed E-state index contributed by atoms with van der Waals surface area (Å²) in [5, 5.41) is 3.79. The van der Waals surface area contributed by atoms with Crippen molar-refractivity contribution in [2.75, 3.05) is 13.1 Å². The fraction of sp³-hybridized carbons (Fsp3) is 0.467. The van der Waals surface area contributed by atoms with Gasteiger partial charge in [0, 0.05) is 35.0 Å². The summed E-state index contributed by atoms with van der Waals surface area (Å²) in [6.07, 6.45) is 12.0. The van der Waals surface area contributed by atoms with Crippen molar-refractivity contribution in [1.82, 2.24) is 9.80 Å². The summed E-state index contributed by atoms with van der Waals surface area (Å²) in [5.41, 5.74) is 1.88. The number of rotatable bonds is 4. The molecule has 0 saturated heterocycles. The van der Waals surface area contributed by atoms with Gasteiger partial charge in [0.05, 0.1) is 0 Å². The fourth-order valence-corrected chi connectivity index (χ4v) is 9.08. The normalized spacial score (nSPS) is 21.1. The van der Waals surface area contributed by atoms with Gasteiger partial charge in [0.25, 0.3) is 11.8 Å². The fourth-order valence-electron chi connectivity index (χ4n) is 7.13. The molecule has 2 fully saturated rings. The third-order valence-electron chi connectivity index (χ3n) is 9.00. The number of hydrogen-bond donors (Lipinski definition) is 0. The van der Waals surface area contributed by atoms with Crippen molar-refractivity contribution >= 4 is 79.1 Å². The highest BCUT2D eigenvalue weighted by Gasteiger charge is 2.42. The van der Waals surface area contributed by atoms with Crippen LogP contribution in [0, 0.1) is 11.8 Å². The second kappa shape index (κ2) is 9.21. The summed E-state index contributed by atoms with van der Waals surface area (Å²) >= 11 is 13.5. The molecule has 4 aliphatic rings. The Labute approximate surface area is 232 Å². The van der Waals surface area contributed by atoms with Crippen LogP contribution in [0.1, 0.15) is 94.7 Å². The lowest BCUT2D eigenvalue weighted by molar-refractivity contribution is 0.0823. The monoisotopic (exact) mass is 546 g/mol. The van der Waals surface area contributed by atoms with Crippen molar-refractivity contribution in [2.45, 2.75) is 64.2 Å². The lowest BCUT2D eigenvalue weighted by Gasteiger charge is -2.35. The van der Waals surface area contributed by atoms with E-state index in [1.54, 1.807) is 0 Å². The molecule has 7 heteroatoms. The first-order valence-corrected chi connectivity index (χ1v) is 15.4. The topological polar surface area (TPSA) is 40.6 Å². The molecule has 0 N–H and O–H groups in total. The van der Waals surface area contributed by atoms with Gasteiger partial charge < -0.3 is 0 Å². The Hall–Kier alpha value is -2.22. The Bertz CT molecular complexity index is 1380. The van der Waals surface area contributed by atoms with Gasteiger partial charge in [-0.15, -0.1) is 11.3 Å². The Balaban J connectivity index is 1.40. The quantitative estimate of drug-likeness (QED) is 0.318. The van der Waals surface area contributed by atoms with Gasteiger partial charge >= 0.3 is 0 Å². The first kappa shape index (κ1) is 23.9. The minimum absolute atomic E-state index is 0.0370. The van der Waals surface area contributed by atoms with Gasteiger partial charge in [0.2, 0.25) is 0 Å². The third-order valence-corrected chi connectivity index (χ3v) is 11.0. The van der Waals surface area contributed by atoms with Crippen molar-refractivity contribution in [2.24, 2.45) is 11.8 Å². The second-order valence-corrected chi connectivity index (χ2v) is 13.0. The summed E-state index contributed by atoms with van der Waals surface area (Å²) in [7, 11) is 0. The van der Waals surface area contributed by atoms with Crippen LogP contribution in [0.5, 0.6) is 0 Å². The van der Waals surface area contributed by atoms with E-state index in [1.807, 2.05) is 21.9 Å². The molecule has 190 valence electrons.